The van der Waals surface area contributed by atoms with Crippen molar-refractivity contribution < 1.29 is 9.53 Å². The van der Waals surface area contributed by atoms with Crippen molar-refractivity contribution in [1.29, 1.82) is 0 Å². The van der Waals surface area contributed by atoms with E-state index in [1.807, 2.05) is 60.9 Å². The molecule has 2 aromatic carbocycles. The van der Waals surface area contributed by atoms with Gasteiger partial charge >= 0.3 is 0 Å². The summed E-state index contributed by atoms with van der Waals surface area (Å²) < 4.78 is 8.92. The van der Waals surface area contributed by atoms with Gasteiger partial charge in [0.1, 0.15) is 12.4 Å². The van der Waals surface area contributed by atoms with E-state index >= 15 is 0 Å². The Labute approximate surface area is 189 Å². The number of carbonyl (C=O) groups excluding carboxylic acids is 1. The number of rotatable bonds is 8. The van der Waals surface area contributed by atoms with Crippen molar-refractivity contribution in [2.45, 2.75) is 45.5 Å². The highest BCUT2D eigenvalue weighted by Gasteiger charge is 2.18. The number of nitrogens with zero attached hydrogens (tertiary/aromatic N) is 3. The maximum Gasteiger partial charge on any atom is 0.234 e. The van der Waals surface area contributed by atoms with Crippen LogP contribution in [0, 0.1) is 13.8 Å². The van der Waals surface area contributed by atoms with Gasteiger partial charge in [-0.3, -0.25) is 4.79 Å². The molecule has 0 saturated carbocycles. The number of carbonyl (C=O) groups is 1. The van der Waals surface area contributed by atoms with E-state index in [1.165, 1.54) is 11.8 Å². The van der Waals surface area contributed by atoms with Crippen LogP contribution in [0.4, 0.5) is 5.69 Å². The van der Waals surface area contributed by atoms with E-state index in [1.54, 1.807) is 0 Å². The molecule has 0 aliphatic rings. The molecule has 0 aliphatic heterocycles. The molecule has 3 aromatic rings. The van der Waals surface area contributed by atoms with Gasteiger partial charge in [-0.1, -0.05) is 42.1 Å². The van der Waals surface area contributed by atoms with Gasteiger partial charge < -0.3 is 14.6 Å². The molecule has 0 aliphatic carbocycles. The van der Waals surface area contributed by atoms with Crippen molar-refractivity contribution in [3.63, 3.8) is 0 Å². The van der Waals surface area contributed by atoms with E-state index in [0.717, 1.165) is 32.9 Å². The summed E-state index contributed by atoms with van der Waals surface area (Å²) in [5.74, 6) is 1.75. The first-order chi connectivity index (χ1) is 14.4. The largest absolute Gasteiger partial charge is 0.485 e. The maximum absolute atomic E-state index is 12.4. The molecule has 0 fully saturated rings. The molecule has 6 nitrogen and oxygen atoms in total. The Morgan fingerprint density at radius 3 is 2.50 bits per heavy atom. The van der Waals surface area contributed by atoms with Crippen molar-refractivity contribution in [1.82, 2.24) is 14.8 Å². The minimum Gasteiger partial charge on any atom is -0.485 e. The van der Waals surface area contributed by atoms with Crippen molar-refractivity contribution in [3.05, 3.63) is 63.9 Å². The van der Waals surface area contributed by atoms with Crippen molar-refractivity contribution in [2.24, 2.45) is 0 Å². The lowest BCUT2D eigenvalue weighted by molar-refractivity contribution is -0.113. The summed E-state index contributed by atoms with van der Waals surface area (Å²) in [6.07, 6.45) is 0. The number of ether oxygens (including phenoxy) is 1. The number of para-hydroxylation sites is 2. The number of nitrogens with one attached hydrogen (secondary N) is 1. The molecule has 0 unspecified atom stereocenters. The number of thioether (sulfide) groups is 1. The second kappa shape index (κ2) is 10.1. The van der Waals surface area contributed by atoms with Crippen molar-refractivity contribution in [2.75, 3.05) is 11.1 Å². The van der Waals surface area contributed by atoms with Gasteiger partial charge in [0.15, 0.2) is 11.0 Å². The average Bonchev–Trinajstić information content (AvgIpc) is 3.11. The summed E-state index contributed by atoms with van der Waals surface area (Å²) in [4.78, 5) is 12.4. The number of amides is 1. The quantitative estimate of drug-likeness (QED) is 0.421. The molecule has 1 heterocycles. The molecule has 0 atom stereocenters. The third-order valence-corrected chi connectivity index (χ3v) is 6.12. The fraction of sp³-hybridized carbons (Fsp3) is 0.318. The van der Waals surface area contributed by atoms with Crippen LogP contribution in [0.2, 0.25) is 0 Å². The van der Waals surface area contributed by atoms with Crippen LogP contribution in [0.25, 0.3) is 0 Å². The van der Waals surface area contributed by atoms with Gasteiger partial charge in [-0.25, -0.2) is 0 Å². The van der Waals surface area contributed by atoms with Gasteiger partial charge in [0, 0.05) is 10.5 Å². The maximum atomic E-state index is 12.4. The average molecular weight is 489 g/mol. The first-order valence-corrected chi connectivity index (χ1v) is 11.4. The molecule has 1 aromatic heterocycles. The van der Waals surface area contributed by atoms with E-state index in [0.29, 0.717) is 11.8 Å². The zero-order chi connectivity index (χ0) is 21.7. The first kappa shape index (κ1) is 22.4. The molecule has 0 saturated heterocycles. The van der Waals surface area contributed by atoms with E-state index < -0.39 is 0 Å². The number of hydrogen-bond acceptors (Lipinski definition) is 5. The number of aromatic nitrogens is 3. The smallest absolute Gasteiger partial charge is 0.234 e. The molecule has 1 amide bonds. The molecule has 30 heavy (non-hydrogen) atoms. The molecule has 1 N–H and O–H groups in total. The van der Waals surface area contributed by atoms with Crippen molar-refractivity contribution >= 4 is 39.3 Å². The number of benzene rings is 2. The van der Waals surface area contributed by atoms with Gasteiger partial charge in [0.25, 0.3) is 0 Å². The van der Waals surface area contributed by atoms with Gasteiger partial charge in [0.05, 0.1) is 11.4 Å². The van der Waals surface area contributed by atoms with Gasteiger partial charge in [-0.05, 0) is 66.9 Å². The number of halogens is 1. The summed E-state index contributed by atoms with van der Waals surface area (Å²) >= 11 is 4.80. The fourth-order valence-electron chi connectivity index (χ4n) is 3.07. The van der Waals surface area contributed by atoms with Gasteiger partial charge in [0.2, 0.25) is 5.91 Å². The predicted octanol–water partition coefficient (Wildman–Crippen LogP) is 5.55. The highest BCUT2D eigenvalue weighted by molar-refractivity contribution is 9.10. The second-order valence-electron chi connectivity index (χ2n) is 7.19. The van der Waals surface area contributed by atoms with E-state index in [4.69, 9.17) is 4.74 Å². The molecular formula is C22H25BrN4O2S. The monoisotopic (exact) mass is 488 g/mol. The number of anilines is 1. The van der Waals surface area contributed by atoms with Gasteiger partial charge in [-0.2, -0.15) is 0 Å². The zero-order valence-corrected chi connectivity index (χ0v) is 19.9. The normalized spacial score (nSPS) is 11.0. The summed E-state index contributed by atoms with van der Waals surface area (Å²) in [7, 11) is 0. The standard InChI is InChI=1S/C22H25BrN4O2S/c1-14(2)27-19(12-29-21-15(3)8-7-9-16(21)4)25-26-22(27)30-13-20(28)24-18-11-6-5-10-17(18)23/h5-11,14H,12-13H2,1-4H3,(H,24,28). The Bertz CT molecular complexity index is 1020. The Hall–Kier alpha value is -2.32. The van der Waals surface area contributed by atoms with Crippen LogP contribution in [0.3, 0.4) is 0 Å². The molecule has 8 heteroatoms. The molecular weight excluding hydrogens is 464 g/mol. The Balaban J connectivity index is 1.67. The lowest BCUT2D eigenvalue weighted by atomic mass is 10.1. The summed E-state index contributed by atoms with van der Waals surface area (Å²) in [5.41, 5.74) is 2.92. The van der Waals surface area contributed by atoms with Crippen LogP contribution in [0.1, 0.15) is 36.8 Å². The minimum atomic E-state index is -0.0986. The highest BCUT2D eigenvalue weighted by atomic mass is 79.9. The lowest BCUT2D eigenvalue weighted by Gasteiger charge is -2.15. The van der Waals surface area contributed by atoms with Crippen LogP contribution in [-0.2, 0) is 11.4 Å². The Kier molecular flexibility index (Phi) is 7.55. The lowest BCUT2D eigenvalue weighted by Crippen LogP contribution is -2.16. The molecule has 3 rings (SSSR count). The topological polar surface area (TPSA) is 69.0 Å². The zero-order valence-electron chi connectivity index (χ0n) is 17.5. The Morgan fingerprint density at radius 1 is 1.13 bits per heavy atom. The van der Waals surface area contributed by atoms with Crippen molar-refractivity contribution in [3.8, 4) is 5.75 Å². The molecule has 0 bridgehead atoms. The van der Waals surface area contributed by atoms with E-state index in [9.17, 15) is 4.79 Å². The first-order valence-electron chi connectivity index (χ1n) is 9.66. The summed E-state index contributed by atoms with van der Waals surface area (Å²) in [6.45, 7) is 8.51. The summed E-state index contributed by atoms with van der Waals surface area (Å²) in [6, 6.07) is 13.7. The summed E-state index contributed by atoms with van der Waals surface area (Å²) in [5, 5.41) is 12.2. The highest BCUT2D eigenvalue weighted by Crippen LogP contribution is 2.26. The Morgan fingerprint density at radius 2 is 1.83 bits per heavy atom. The third kappa shape index (κ3) is 5.43. The van der Waals surface area contributed by atoms with Crippen LogP contribution < -0.4 is 10.1 Å². The van der Waals surface area contributed by atoms with E-state index in [-0.39, 0.29) is 17.7 Å². The van der Waals surface area contributed by atoms with Gasteiger partial charge in [-0.15, -0.1) is 10.2 Å². The third-order valence-electron chi connectivity index (χ3n) is 4.49. The van der Waals surface area contributed by atoms with Crippen LogP contribution in [0.5, 0.6) is 5.75 Å². The SMILES string of the molecule is Cc1cccc(C)c1OCc1nnc(SCC(=O)Nc2ccccc2Br)n1C(C)C. The fourth-order valence-corrected chi connectivity index (χ4v) is 4.34. The predicted molar refractivity (Wildman–Crippen MR) is 124 cm³/mol. The molecule has 0 radical (unpaired) electrons. The molecule has 0 spiro atoms. The van der Waals surface area contributed by atoms with Crippen LogP contribution in [0.15, 0.2) is 52.1 Å². The second-order valence-corrected chi connectivity index (χ2v) is 8.99. The van der Waals surface area contributed by atoms with E-state index in [2.05, 4.69) is 45.3 Å². The van der Waals surface area contributed by atoms with Crippen LogP contribution >= 0.6 is 27.7 Å². The number of hydrogen-bond donors (Lipinski definition) is 1. The minimum absolute atomic E-state index is 0.0986. The number of aryl methyl sites for hydroxylation is 2. The molecule has 158 valence electrons. The van der Waals surface area contributed by atoms with Crippen LogP contribution in [-0.4, -0.2) is 26.4 Å².